The SMILES string of the molecule is Cc1ccccc1CNCC1(O)CCCCCC1. The topological polar surface area (TPSA) is 32.3 Å². The van der Waals surface area contributed by atoms with Gasteiger partial charge in [0.15, 0.2) is 0 Å². The fourth-order valence-corrected chi connectivity index (χ4v) is 2.80. The van der Waals surface area contributed by atoms with Crippen molar-refractivity contribution in [3.63, 3.8) is 0 Å². The smallest absolute Gasteiger partial charge is 0.0771 e. The molecule has 0 amide bonds. The summed E-state index contributed by atoms with van der Waals surface area (Å²) in [6.07, 6.45) is 6.80. The Kier molecular flexibility index (Phi) is 4.79. The van der Waals surface area contributed by atoms with Crippen LogP contribution in [0.1, 0.15) is 49.7 Å². The molecule has 0 atom stereocenters. The number of nitrogens with one attached hydrogen (secondary N) is 1. The lowest BCUT2D eigenvalue weighted by atomic mass is 9.94. The fourth-order valence-electron chi connectivity index (χ4n) is 2.80. The molecule has 0 unspecified atom stereocenters. The van der Waals surface area contributed by atoms with Crippen molar-refractivity contribution in [1.82, 2.24) is 5.32 Å². The van der Waals surface area contributed by atoms with E-state index in [-0.39, 0.29) is 0 Å². The van der Waals surface area contributed by atoms with Crippen LogP contribution in [0.25, 0.3) is 0 Å². The standard InChI is InChI=1S/C16H25NO/c1-14-8-4-5-9-15(14)12-17-13-16(18)10-6-2-3-7-11-16/h4-5,8-9,17-18H,2-3,6-7,10-13H2,1H3. The molecular formula is C16H25NO. The predicted molar refractivity (Wildman–Crippen MR) is 75.5 cm³/mol. The van der Waals surface area contributed by atoms with Crippen molar-refractivity contribution in [2.45, 2.75) is 57.6 Å². The van der Waals surface area contributed by atoms with Gasteiger partial charge < -0.3 is 10.4 Å². The lowest BCUT2D eigenvalue weighted by molar-refractivity contribution is 0.0250. The Bertz CT molecular complexity index is 367. The molecule has 0 bridgehead atoms. The molecule has 2 heteroatoms. The maximum Gasteiger partial charge on any atom is 0.0771 e. The van der Waals surface area contributed by atoms with Crippen molar-refractivity contribution < 1.29 is 5.11 Å². The van der Waals surface area contributed by atoms with E-state index < -0.39 is 5.60 Å². The van der Waals surface area contributed by atoms with E-state index >= 15 is 0 Å². The van der Waals surface area contributed by atoms with Gasteiger partial charge in [-0.25, -0.2) is 0 Å². The van der Waals surface area contributed by atoms with Crippen LogP contribution < -0.4 is 5.32 Å². The molecule has 0 aromatic heterocycles. The van der Waals surface area contributed by atoms with Crippen molar-refractivity contribution in [3.05, 3.63) is 35.4 Å². The summed E-state index contributed by atoms with van der Waals surface area (Å²) in [5, 5.41) is 14.0. The highest BCUT2D eigenvalue weighted by atomic mass is 16.3. The van der Waals surface area contributed by atoms with Gasteiger partial charge in [0.2, 0.25) is 0 Å². The predicted octanol–water partition coefficient (Wildman–Crippen LogP) is 3.17. The molecule has 2 N–H and O–H groups in total. The number of rotatable bonds is 4. The largest absolute Gasteiger partial charge is 0.389 e. The normalized spacial score (nSPS) is 19.4. The van der Waals surface area contributed by atoms with Crippen molar-refractivity contribution >= 4 is 0 Å². The van der Waals surface area contributed by atoms with Crippen LogP contribution in [-0.2, 0) is 6.54 Å². The summed E-state index contributed by atoms with van der Waals surface area (Å²) in [7, 11) is 0. The average molecular weight is 247 g/mol. The first kappa shape index (κ1) is 13.6. The molecule has 0 heterocycles. The molecule has 2 nitrogen and oxygen atoms in total. The van der Waals surface area contributed by atoms with Gasteiger partial charge in [-0.1, -0.05) is 49.9 Å². The Morgan fingerprint density at radius 1 is 1.11 bits per heavy atom. The maximum absolute atomic E-state index is 10.5. The van der Waals surface area contributed by atoms with E-state index in [1.807, 2.05) is 0 Å². The Balaban J connectivity index is 1.82. The van der Waals surface area contributed by atoms with Crippen molar-refractivity contribution in [1.29, 1.82) is 0 Å². The molecule has 0 saturated heterocycles. The van der Waals surface area contributed by atoms with Gasteiger partial charge in [-0.3, -0.25) is 0 Å². The number of hydrogen-bond donors (Lipinski definition) is 2. The van der Waals surface area contributed by atoms with Gasteiger partial charge in [-0.2, -0.15) is 0 Å². The fraction of sp³-hybridized carbons (Fsp3) is 0.625. The number of hydrogen-bond acceptors (Lipinski definition) is 2. The summed E-state index contributed by atoms with van der Waals surface area (Å²) in [4.78, 5) is 0. The van der Waals surface area contributed by atoms with Crippen LogP contribution in [0.15, 0.2) is 24.3 Å². The lowest BCUT2D eigenvalue weighted by Crippen LogP contribution is -2.40. The van der Waals surface area contributed by atoms with E-state index in [0.717, 1.165) is 25.9 Å². The number of aliphatic hydroxyl groups is 1. The third-order valence-corrected chi connectivity index (χ3v) is 4.07. The molecule has 0 aliphatic heterocycles. The highest BCUT2D eigenvalue weighted by Gasteiger charge is 2.27. The van der Waals surface area contributed by atoms with Gasteiger partial charge in [0, 0.05) is 13.1 Å². The van der Waals surface area contributed by atoms with Gasteiger partial charge in [0.05, 0.1) is 5.60 Å². The molecular weight excluding hydrogens is 222 g/mol. The Morgan fingerprint density at radius 3 is 2.44 bits per heavy atom. The van der Waals surface area contributed by atoms with E-state index in [1.165, 1.54) is 36.8 Å². The molecule has 1 aromatic rings. The van der Waals surface area contributed by atoms with Crippen molar-refractivity contribution in [3.8, 4) is 0 Å². The third-order valence-electron chi connectivity index (χ3n) is 4.07. The first-order chi connectivity index (χ1) is 8.70. The van der Waals surface area contributed by atoms with Crippen LogP contribution >= 0.6 is 0 Å². The highest BCUT2D eigenvalue weighted by Crippen LogP contribution is 2.26. The zero-order valence-electron chi connectivity index (χ0n) is 11.4. The van der Waals surface area contributed by atoms with Crippen LogP contribution in [0.4, 0.5) is 0 Å². The van der Waals surface area contributed by atoms with E-state index in [1.54, 1.807) is 0 Å². The second-order valence-electron chi connectivity index (χ2n) is 5.67. The van der Waals surface area contributed by atoms with E-state index in [2.05, 4.69) is 36.5 Å². The van der Waals surface area contributed by atoms with Gasteiger partial charge >= 0.3 is 0 Å². The average Bonchev–Trinajstić information content (AvgIpc) is 2.57. The maximum atomic E-state index is 10.5. The van der Waals surface area contributed by atoms with Crippen LogP contribution in [0.5, 0.6) is 0 Å². The van der Waals surface area contributed by atoms with E-state index in [9.17, 15) is 5.11 Å². The zero-order valence-corrected chi connectivity index (χ0v) is 11.4. The van der Waals surface area contributed by atoms with Crippen LogP contribution in [-0.4, -0.2) is 17.3 Å². The Hall–Kier alpha value is -0.860. The number of aryl methyl sites for hydroxylation is 1. The lowest BCUT2D eigenvalue weighted by Gasteiger charge is -2.27. The summed E-state index contributed by atoms with van der Waals surface area (Å²) in [6.45, 7) is 3.72. The van der Waals surface area contributed by atoms with E-state index in [0.29, 0.717) is 0 Å². The molecule has 1 aromatic carbocycles. The monoisotopic (exact) mass is 247 g/mol. The van der Waals surface area contributed by atoms with Crippen molar-refractivity contribution in [2.75, 3.05) is 6.54 Å². The quantitative estimate of drug-likeness (QED) is 0.801. The molecule has 1 aliphatic rings. The minimum absolute atomic E-state index is 0.473. The minimum atomic E-state index is -0.473. The molecule has 0 spiro atoms. The highest BCUT2D eigenvalue weighted by molar-refractivity contribution is 5.25. The molecule has 1 aliphatic carbocycles. The molecule has 18 heavy (non-hydrogen) atoms. The summed E-state index contributed by atoms with van der Waals surface area (Å²) < 4.78 is 0. The van der Waals surface area contributed by atoms with Gasteiger partial charge in [0.1, 0.15) is 0 Å². The summed E-state index contributed by atoms with van der Waals surface area (Å²) >= 11 is 0. The molecule has 2 rings (SSSR count). The summed E-state index contributed by atoms with van der Waals surface area (Å²) in [5.74, 6) is 0. The van der Waals surface area contributed by atoms with Gasteiger partial charge in [-0.15, -0.1) is 0 Å². The van der Waals surface area contributed by atoms with Crippen LogP contribution in [0.2, 0.25) is 0 Å². The van der Waals surface area contributed by atoms with Crippen LogP contribution in [0.3, 0.4) is 0 Å². The minimum Gasteiger partial charge on any atom is -0.389 e. The molecule has 1 saturated carbocycles. The number of benzene rings is 1. The Labute approximate surface area is 110 Å². The van der Waals surface area contributed by atoms with Gasteiger partial charge in [0.25, 0.3) is 0 Å². The second-order valence-corrected chi connectivity index (χ2v) is 5.67. The Morgan fingerprint density at radius 2 is 1.78 bits per heavy atom. The summed E-state index contributed by atoms with van der Waals surface area (Å²) in [5.41, 5.74) is 2.17. The molecule has 1 fully saturated rings. The zero-order chi connectivity index (χ0) is 12.8. The third kappa shape index (κ3) is 3.82. The van der Waals surface area contributed by atoms with Gasteiger partial charge in [-0.05, 0) is 30.9 Å². The second kappa shape index (κ2) is 6.35. The van der Waals surface area contributed by atoms with Crippen molar-refractivity contribution in [2.24, 2.45) is 0 Å². The molecule has 100 valence electrons. The summed E-state index contributed by atoms with van der Waals surface area (Å²) in [6, 6.07) is 8.43. The molecule has 0 radical (unpaired) electrons. The van der Waals surface area contributed by atoms with Crippen LogP contribution in [0, 0.1) is 6.92 Å². The van der Waals surface area contributed by atoms with E-state index in [4.69, 9.17) is 0 Å². The first-order valence-electron chi connectivity index (χ1n) is 7.17. The first-order valence-corrected chi connectivity index (χ1v) is 7.17.